The molecule has 0 amide bonds. The van der Waals surface area contributed by atoms with Crippen molar-refractivity contribution in [3.63, 3.8) is 0 Å². The Labute approximate surface area is 116 Å². The molecule has 1 atom stereocenters. The van der Waals surface area contributed by atoms with Crippen molar-refractivity contribution < 1.29 is 4.39 Å². The zero-order chi connectivity index (χ0) is 14.1. The second-order valence-corrected chi connectivity index (χ2v) is 7.34. The quantitative estimate of drug-likeness (QED) is 0.840. The van der Waals surface area contributed by atoms with Crippen molar-refractivity contribution in [2.75, 3.05) is 6.54 Å². The van der Waals surface area contributed by atoms with Gasteiger partial charge in [0, 0.05) is 12.1 Å². The molecule has 1 fully saturated rings. The van der Waals surface area contributed by atoms with Crippen LogP contribution in [0.5, 0.6) is 0 Å². The van der Waals surface area contributed by atoms with Gasteiger partial charge in [-0.05, 0) is 69.1 Å². The Balaban J connectivity index is 2.04. The summed E-state index contributed by atoms with van der Waals surface area (Å²) >= 11 is 0. The fourth-order valence-electron chi connectivity index (χ4n) is 2.67. The maximum absolute atomic E-state index is 13.0. The smallest absolute Gasteiger partial charge is 0.123 e. The van der Waals surface area contributed by atoms with Crippen molar-refractivity contribution >= 4 is 0 Å². The number of halogens is 1. The van der Waals surface area contributed by atoms with Gasteiger partial charge in [0.2, 0.25) is 0 Å². The summed E-state index contributed by atoms with van der Waals surface area (Å²) in [6, 6.07) is 6.99. The molecule has 1 aliphatic carbocycles. The van der Waals surface area contributed by atoms with Gasteiger partial charge in [0.25, 0.3) is 0 Å². The van der Waals surface area contributed by atoms with Gasteiger partial charge in [0.05, 0.1) is 0 Å². The highest BCUT2D eigenvalue weighted by molar-refractivity contribution is 5.18. The highest BCUT2D eigenvalue weighted by Crippen LogP contribution is 2.47. The molecule has 19 heavy (non-hydrogen) atoms. The predicted octanol–water partition coefficient (Wildman–Crippen LogP) is 4.17. The molecule has 0 aromatic heterocycles. The summed E-state index contributed by atoms with van der Waals surface area (Å²) in [5, 5.41) is 3.64. The van der Waals surface area contributed by atoms with Crippen molar-refractivity contribution in [2.45, 2.75) is 52.5 Å². The average molecular weight is 263 g/mol. The Bertz CT molecular complexity index is 414. The van der Waals surface area contributed by atoms with Gasteiger partial charge in [-0.1, -0.05) is 19.1 Å². The van der Waals surface area contributed by atoms with Gasteiger partial charge in [-0.25, -0.2) is 4.39 Å². The highest BCUT2D eigenvalue weighted by atomic mass is 19.1. The first-order valence-electron chi connectivity index (χ1n) is 7.28. The monoisotopic (exact) mass is 263 g/mol. The molecule has 1 aliphatic rings. The average Bonchev–Trinajstić information content (AvgIpc) is 3.13. The molecule has 2 rings (SSSR count). The van der Waals surface area contributed by atoms with Crippen molar-refractivity contribution in [3.05, 3.63) is 35.6 Å². The minimum absolute atomic E-state index is 0.148. The van der Waals surface area contributed by atoms with Crippen LogP contribution in [0.15, 0.2) is 24.3 Å². The van der Waals surface area contributed by atoms with E-state index in [0.29, 0.717) is 0 Å². The fraction of sp³-hybridized carbons (Fsp3) is 0.647. The third kappa shape index (κ3) is 4.31. The van der Waals surface area contributed by atoms with E-state index in [1.54, 1.807) is 12.1 Å². The molecule has 0 heterocycles. The van der Waals surface area contributed by atoms with E-state index in [9.17, 15) is 4.39 Å². The van der Waals surface area contributed by atoms with Crippen molar-refractivity contribution in [1.82, 2.24) is 5.32 Å². The lowest BCUT2D eigenvalue weighted by Gasteiger charge is -2.34. The summed E-state index contributed by atoms with van der Waals surface area (Å²) in [6.07, 6.45) is 3.70. The summed E-state index contributed by atoms with van der Waals surface area (Å²) in [6.45, 7) is 10.0. The van der Waals surface area contributed by atoms with E-state index in [-0.39, 0.29) is 16.8 Å². The largest absolute Gasteiger partial charge is 0.312 e. The van der Waals surface area contributed by atoms with Crippen LogP contribution in [-0.2, 0) is 6.42 Å². The third-order valence-electron chi connectivity index (χ3n) is 4.11. The molecule has 0 aliphatic heterocycles. The van der Waals surface area contributed by atoms with Gasteiger partial charge in [0.1, 0.15) is 5.82 Å². The van der Waals surface area contributed by atoms with Crippen LogP contribution in [-0.4, -0.2) is 12.1 Å². The molecule has 2 heteroatoms. The minimum atomic E-state index is -0.148. The van der Waals surface area contributed by atoms with Gasteiger partial charge >= 0.3 is 0 Å². The fourth-order valence-corrected chi connectivity index (χ4v) is 2.67. The van der Waals surface area contributed by atoms with Gasteiger partial charge in [-0.2, -0.15) is 0 Å². The number of nitrogens with one attached hydrogen (secondary N) is 1. The first-order valence-corrected chi connectivity index (χ1v) is 7.28. The van der Waals surface area contributed by atoms with Gasteiger partial charge in [-0.15, -0.1) is 0 Å². The first kappa shape index (κ1) is 14.5. The second kappa shape index (κ2) is 5.24. The van der Waals surface area contributed by atoms with Crippen molar-refractivity contribution in [2.24, 2.45) is 11.3 Å². The minimum Gasteiger partial charge on any atom is -0.312 e. The maximum Gasteiger partial charge on any atom is 0.123 e. The topological polar surface area (TPSA) is 12.0 Å². The van der Waals surface area contributed by atoms with E-state index < -0.39 is 0 Å². The highest BCUT2D eigenvalue weighted by Gasteiger charge is 2.41. The molecule has 1 nitrogen and oxygen atoms in total. The van der Waals surface area contributed by atoms with Crippen LogP contribution >= 0.6 is 0 Å². The third-order valence-corrected chi connectivity index (χ3v) is 4.11. The van der Waals surface area contributed by atoms with Crippen molar-refractivity contribution in [3.8, 4) is 0 Å². The summed E-state index contributed by atoms with van der Waals surface area (Å²) in [4.78, 5) is 0. The standard InChI is InChI=1S/C17H26FN/c1-16(2,3)19-12-17(4,14-7-8-14)11-13-5-9-15(18)10-6-13/h5-6,9-10,14,19H,7-8,11-12H2,1-4H3. The Kier molecular flexibility index (Phi) is 4.00. The zero-order valence-corrected chi connectivity index (χ0v) is 12.6. The molecule has 1 saturated carbocycles. The summed E-state index contributed by atoms with van der Waals surface area (Å²) in [5.41, 5.74) is 1.68. The number of rotatable bonds is 5. The van der Waals surface area contributed by atoms with Crippen LogP contribution in [0, 0.1) is 17.2 Å². The molecule has 1 unspecified atom stereocenters. The Morgan fingerprint density at radius 2 is 1.68 bits per heavy atom. The molecule has 0 bridgehead atoms. The Hall–Kier alpha value is -0.890. The van der Waals surface area contributed by atoms with Crippen LogP contribution in [0.3, 0.4) is 0 Å². The van der Waals surface area contributed by atoms with Crippen LogP contribution in [0.2, 0.25) is 0 Å². The van der Waals surface area contributed by atoms with E-state index in [2.05, 4.69) is 33.0 Å². The lowest BCUT2D eigenvalue weighted by Crippen LogP contribution is -2.44. The van der Waals surface area contributed by atoms with Gasteiger partial charge < -0.3 is 5.32 Å². The van der Waals surface area contributed by atoms with Crippen LogP contribution in [0.4, 0.5) is 4.39 Å². The van der Waals surface area contributed by atoms with Crippen LogP contribution < -0.4 is 5.32 Å². The molecule has 0 saturated heterocycles. The SMILES string of the molecule is CC(C)(C)NCC(C)(Cc1ccc(F)cc1)C1CC1. The molecule has 1 N–H and O–H groups in total. The lowest BCUT2D eigenvalue weighted by molar-refractivity contribution is 0.227. The zero-order valence-electron chi connectivity index (χ0n) is 12.6. The lowest BCUT2D eigenvalue weighted by atomic mass is 9.78. The number of hydrogen-bond acceptors (Lipinski definition) is 1. The molecular formula is C17H26FN. The molecule has 106 valence electrons. The van der Waals surface area contributed by atoms with E-state index in [4.69, 9.17) is 0 Å². The van der Waals surface area contributed by atoms with Crippen molar-refractivity contribution in [1.29, 1.82) is 0 Å². The molecular weight excluding hydrogens is 237 g/mol. The first-order chi connectivity index (χ1) is 8.78. The Morgan fingerprint density at radius 3 is 2.16 bits per heavy atom. The second-order valence-electron chi connectivity index (χ2n) is 7.34. The van der Waals surface area contributed by atoms with E-state index in [0.717, 1.165) is 18.9 Å². The van der Waals surface area contributed by atoms with E-state index in [1.165, 1.54) is 18.4 Å². The summed E-state index contributed by atoms with van der Waals surface area (Å²) in [5.74, 6) is 0.664. The number of benzene rings is 1. The maximum atomic E-state index is 13.0. The van der Waals surface area contributed by atoms with E-state index >= 15 is 0 Å². The van der Waals surface area contributed by atoms with Crippen LogP contribution in [0.1, 0.15) is 46.1 Å². The molecule has 1 aromatic carbocycles. The van der Waals surface area contributed by atoms with Gasteiger partial charge in [0.15, 0.2) is 0 Å². The Morgan fingerprint density at radius 1 is 1.11 bits per heavy atom. The number of hydrogen-bond donors (Lipinski definition) is 1. The summed E-state index contributed by atoms with van der Waals surface area (Å²) < 4.78 is 13.0. The van der Waals surface area contributed by atoms with Crippen LogP contribution in [0.25, 0.3) is 0 Å². The van der Waals surface area contributed by atoms with Gasteiger partial charge in [-0.3, -0.25) is 0 Å². The summed E-state index contributed by atoms with van der Waals surface area (Å²) in [7, 11) is 0. The molecule has 0 spiro atoms. The van der Waals surface area contributed by atoms with E-state index in [1.807, 2.05) is 12.1 Å². The molecule has 0 radical (unpaired) electrons. The predicted molar refractivity (Wildman–Crippen MR) is 78.7 cm³/mol. The molecule has 1 aromatic rings. The normalized spacial score (nSPS) is 19.2.